The fourth-order valence-electron chi connectivity index (χ4n) is 7.14. The minimum atomic E-state index is -1.29. The number of carbonyl (C=O) groups excluding carboxylic acids is 1. The van der Waals surface area contributed by atoms with E-state index in [1.165, 1.54) is 141 Å². The van der Waals surface area contributed by atoms with E-state index in [-0.39, 0.29) is 0 Å². The summed E-state index contributed by atoms with van der Waals surface area (Å²) < 4.78 is 0. The summed E-state index contributed by atoms with van der Waals surface area (Å²) in [6, 6.07) is -1.01. The molecule has 0 aromatic carbocycles. The van der Waals surface area contributed by atoms with Gasteiger partial charge in [0.15, 0.2) is 0 Å². The second-order valence-electron chi connectivity index (χ2n) is 16.4. The SMILES string of the molecule is CCC/C=C/CC/C=C/CC/C=C/CCCC(O)C(O)C(CO)NC(=O)C(O)CCCCCCCCCCCC/C=C\CCCCCCCCCCCCCC. The summed E-state index contributed by atoms with van der Waals surface area (Å²) in [5, 5.41) is 43.7. The van der Waals surface area contributed by atoms with E-state index in [0.29, 0.717) is 19.3 Å². The molecule has 6 heteroatoms. The first kappa shape index (κ1) is 54.3. The van der Waals surface area contributed by atoms with Crippen LogP contribution in [0.1, 0.15) is 232 Å². The van der Waals surface area contributed by atoms with Crippen LogP contribution in [-0.2, 0) is 4.79 Å². The van der Waals surface area contributed by atoms with Gasteiger partial charge in [0.2, 0.25) is 5.91 Å². The van der Waals surface area contributed by atoms with E-state index in [9.17, 15) is 25.2 Å². The van der Waals surface area contributed by atoms with Crippen molar-refractivity contribution < 1.29 is 25.2 Å². The van der Waals surface area contributed by atoms with Gasteiger partial charge in [-0.1, -0.05) is 197 Å². The normalized spacial score (nSPS) is 14.5. The molecule has 0 aromatic rings. The number of hydrogen-bond donors (Lipinski definition) is 5. The zero-order chi connectivity index (χ0) is 41.0. The van der Waals surface area contributed by atoms with Crippen molar-refractivity contribution in [3.05, 3.63) is 48.6 Å². The lowest BCUT2D eigenvalue weighted by Crippen LogP contribution is -2.53. The van der Waals surface area contributed by atoms with Crippen LogP contribution in [0.3, 0.4) is 0 Å². The van der Waals surface area contributed by atoms with Crippen LogP contribution in [0.4, 0.5) is 0 Å². The summed E-state index contributed by atoms with van der Waals surface area (Å²) >= 11 is 0. The zero-order valence-electron chi connectivity index (χ0n) is 36.9. The lowest BCUT2D eigenvalue weighted by Gasteiger charge is -2.27. The van der Waals surface area contributed by atoms with Gasteiger partial charge in [0.05, 0.1) is 18.8 Å². The highest BCUT2D eigenvalue weighted by Crippen LogP contribution is 2.16. The van der Waals surface area contributed by atoms with Gasteiger partial charge in [-0.15, -0.1) is 0 Å². The highest BCUT2D eigenvalue weighted by Gasteiger charge is 2.28. The van der Waals surface area contributed by atoms with Gasteiger partial charge in [-0.25, -0.2) is 0 Å². The Morgan fingerprint density at radius 3 is 1.20 bits per heavy atom. The number of carbonyl (C=O) groups is 1. The average molecular weight is 788 g/mol. The monoisotopic (exact) mass is 788 g/mol. The predicted octanol–water partition coefficient (Wildman–Crippen LogP) is 13.1. The predicted molar refractivity (Wildman–Crippen MR) is 242 cm³/mol. The van der Waals surface area contributed by atoms with Gasteiger partial charge in [0.1, 0.15) is 12.2 Å². The first-order chi connectivity index (χ1) is 27.5. The quantitative estimate of drug-likeness (QED) is 0.0312. The lowest BCUT2D eigenvalue weighted by atomic mass is 10.00. The summed E-state index contributed by atoms with van der Waals surface area (Å²) in [6.07, 6.45) is 54.5. The standard InChI is InChI=1S/C50H93NO5/c1-3-5-7-9-11-13-15-17-19-20-21-22-23-24-25-26-27-28-29-30-32-34-36-38-40-42-44-48(54)50(56)51-46(45-52)49(55)47(53)43-41-39-37-35-33-31-18-16-14-12-10-8-6-4-2/h8,10,16,18,24-25,35,37,46-49,52-55H,3-7,9,11-15,17,19-23,26-34,36,38-45H2,1-2H3,(H,51,56)/b10-8+,18-16+,25-24-,37-35+. The highest BCUT2D eigenvalue weighted by molar-refractivity contribution is 5.80. The van der Waals surface area contributed by atoms with E-state index in [1.54, 1.807) is 0 Å². The Morgan fingerprint density at radius 2 is 0.786 bits per heavy atom. The molecule has 4 unspecified atom stereocenters. The van der Waals surface area contributed by atoms with Crippen LogP contribution in [0, 0.1) is 0 Å². The molecule has 0 rings (SSSR count). The van der Waals surface area contributed by atoms with Gasteiger partial charge in [-0.3, -0.25) is 4.79 Å². The van der Waals surface area contributed by atoms with Crippen molar-refractivity contribution >= 4 is 5.91 Å². The molecule has 5 N–H and O–H groups in total. The fourth-order valence-corrected chi connectivity index (χ4v) is 7.14. The number of rotatable bonds is 43. The number of amides is 1. The van der Waals surface area contributed by atoms with E-state index in [2.05, 4.69) is 67.8 Å². The number of aliphatic hydroxyl groups excluding tert-OH is 4. The van der Waals surface area contributed by atoms with Crippen molar-refractivity contribution in [3.63, 3.8) is 0 Å². The Hall–Kier alpha value is -1.73. The molecular weight excluding hydrogens is 695 g/mol. The van der Waals surface area contributed by atoms with Gasteiger partial charge in [0.25, 0.3) is 0 Å². The Kier molecular flexibility index (Phi) is 43.0. The van der Waals surface area contributed by atoms with Gasteiger partial charge in [-0.05, 0) is 83.5 Å². The first-order valence-corrected chi connectivity index (χ1v) is 24.0. The molecule has 0 saturated heterocycles. The van der Waals surface area contributed by atoms with Crippen molar-refractivity contribution in [1.82, 2.24) is 5.32 Å². The minimum absolute atomic E-state index is 0.356. The lowest BCUT2D eigenvalue weighted by molar-refractivity contribution is -0.132. The van der Waals surface area contributed by atoms with Crippen molar-refractivity contribution in [3.8, 4) is 0 Å². The van der Waals surface area contributed by atoms with Gasteiger partial charge in [0, 0.05) is 0 Å². The number of allylic oxidation sites excluding steroid dienone is 8. The number of unbranched alkanes of at least 4 members (excludes halogenated alkanes) is 26. The first-order valence-electron chi connectivity index (χ1n) is 24.0. The maximum atomic E-state index is 12.5. The van der Waals surface area contributed by atoms with Crippen LogP contribution in [0.15, 0.2) is 48.6 Å². The van der Waals surface area contributed by atoms with E-state index in [0.717, 1.165) is 57.8 Å². The summed E-state index contributed by atoms with van der Waals surface area (Å²) in [4.78, 5) is 12.5. The number of hydrogen-bond acceptors (Lipinski definition) is 5. The van der Waals surface area contributed by atoms with Gasteiger partial charge < -0.3 is 25.7 Å². The fraction of sp³-hybridized carbons (Fsp3) is 0.820. The van der Waals surface area contributed by atoms with Crippen LogP contribution < -0.4 is 5.32 Å². The smallest absolute Gasteiger partial charge is 0.249 e. The van der Waals surface area contributed by atoms with E-state index in [1.807, 2.05) is 0 Å². The Balaban J connectivity index is 3.70. The molecule has 56 heavy (non-hydrogen) atoms. The van der Waals surface area contributed by atoms with Crippen LogP contribution in [0.2, 0.25) is 0 Å². The maximum Gasteiger partial charge on any atom is 0.249 e. The van der Waals surface area contributed by atoms with Crippen molar-refractivity contribution in [2.75, 3.05) is 6.61 Å². The van der Waals surface area contributed by atoms with Crippen LogP contribution in [0.5, 0.6) is 0 Å². The molecule has 0 fully saturated rings. The van der Waals surface area contributed by atoms with E-state index >= 15 is 0 Å². The van der Waals surface area contributed by atoms with Crippen LogP contribution >= 0.6 is 0 Å². The van der Waals surface area contributed by atoms with Crippen LogP contribution in [0.25, 0.3) is 0 Å². The summed E-state index contributed by atoms with van der Waals surface area (Å²) in [5.74, 6) is -0.602. The molecule has 0 radical (unpaired) electrons. The van der Waals surface area contributed by atoms with Gasteiger partial charge >= 0.3 is 0 Å². The third-order valence-corrected chi connectivity index (χ3v) is 10.9. The molecule has 1 amide bonds. The highest BCUT2D eigenvalue weighted by atomic mass is 16.3. The molecule has 0 aliphatic rings. The molecule has 0 spiro atoms. The van der Waals surface area contributed by atoms with E-state index < -0.39 is 36.9 Å². The molecule has 0 heterocycles. The molecule has 0 aliphatic carbocycles. The zero-order valence-corrected chi connectivity index (χ0v) is 36.9. The number of aliphatic hydroxyl groups is 4. The second-order valence-corrected chi connectivity index (χ2v) is 16.4. The van der Waals surface area contributed by atoms with Crippen molar-refractivity contribution in [2.24, 2.45) is 0 Å². The Morgan fingerprint density at radius 1 is 0.429 bits per heavy atom. The van der Waals surface area contributed by atoms with Crippen LogP contribution in [-0.4, -0.2) is 57.3 Å². The maximum absolute atomic E-state index is 12.5. The average Bonchev–Trinajstić information content (AvgIpc) is 3.20. The minimum Gasteiger partial charge on any atom is -0.394 e. The molecule has 4 atom stereocenters. The summed E-state index contributed by atoms with van der Waals surface area (Å²) in [7, 11) is 0. The van der Waals surface area contributed by atoms with Crippen molar-refractivity contribution in [1.29, 1.82) is 0 Å². The molecule has 0 aromatic heterocycles. The Labute approximate surface area is 347 Å². The molecule has 0 saturated carbocycles. The van der Waals surface area contributed by atoms with Crippen molar-refractivity contribution in [2.45, 2.75) is 257 Å². The molecule has 0 aliphatic heterocycles. The molecular formula is C50H93NO5. The van der Waals surface area contributed by atoms with Gasteiger partial charge in [-0.2, -0.15) is 0 Å². The molecule has 6 nitrogen and oxygen atoms in total. The van der Waals surface area contributed by atoms with E-state index in [4.69, 9.17) is 0 Å². The summed E-state index contributed by atoms with van der Waals surface area (Å²) in [5.41, 5.74) is 0. The second kappa shape index (κ2) is 44.4. The summed E-state index contributed by atoms with van der Waals surface area (Å²) in [6.45, 7) is 3.97. The molecule has 328 valence electrons. The Bertz CT molecular complexity index is 930. The topological polar surface area (TPSA) is 110 Å². The third kappa shape index (κ3) is 37.8. The largest absolute Gasteiger partial charge is 0.394 e. The molecule has 0 bridgehead atoms. The third-order valence-electron chi connectivity index (χ3n) is 10.9. The number of nitrogens with one attached hydrogen (secondary N) is 1.